The quantitative estimate of drug-likeness (QED) is 0.430. The molecule has 0 spiro atoms. The van der Waals surface area contributed by atoms with Crippen molar-refractivity contribution in [1.82, 2.24) is 0 Å². The zero-order valence-corrected chi connectivity index (χ0v) is 12.0. The van der Waals surface area contributed by atoms with Crippen molar-refractivity contribution < 1.29 is 8.83 Å². The summed E-state index contributed by atoms with van der Waals surface area (Å²) in [4.78, 5) is 1.09. The highest BCUT2D eigenvalue weighted by Gasteiger charge is 2.15. The van der Waals surface area contributed by atoms with Crippen molar-refractivity contribution in [3.8, 4) is 0 Å². The third-order valence-corrected chi connectivity index (χ3v) is 4.19. The molecule has 0 bridgehead atoms. The van der Waals surface area contributed by atoms with Crippen LogP contribution < -0.4 is 0 Å². The smallest absolute Gasteiger partial charge is 0.216 e. The molecule has 2 aromatic carbocycles. The van der Waals surface area contributed by atoms with Crippen LogP contribution in [0.15, 0.2) is 91.8 Å². The average Bonchev–Trinajstić information content (AvgIpc) is 2.55. The van der Waals surface area contributed by atoms with Crippen LogP contribution in [0, 0.1) is 0 Å². The summed E-state index contributed by atoms with van der Waals surface area (Å²) in [6, 6.07) is 22.2. The molecule has 0 unspecified atom stereocenters. The second-order valence-corrected chi connectivity index (χ2v) is 5.78. The molecular weight excluding hydrogens is 280 g/mol. The van der Waals surface area contributed by atoms with E-state index in [1.807, 2.05) is 48.5 Å². The summed E-state index contributed by atoms with van der Waals surface area (Å²) < 4.78 is 11.4. The third kappa shape index (κ3) is 2.48. The molecule has 0 aliphatic carbocycles. The standard InChI is InChI=1S/C18H12O2S/c1-2-6-16-13(4-1)8-10-18(20-16)21-15-9-7-14-5-3-11-19-17(14)12-15/h1-12H/q+2. The van der Waals surface area contributed by atoms with E-state index in [-0.39, 0.29) is 0 Å². The minimum absolute atomic E-state index is 0.865. The molecule has 0 radical (unpaired) electrons. The summed E-state index contributed by atoms with van der Waals surface area (Å²) in [6.07, 6.45) is 1.69. The molecule has 2 aromatic heterocycles. The van der Waals surface area contributed by atoms with Crippen molar-refractivity contribution in [2.24, 2.45) is 0 Å². The molecule has 21 heavy (non-hydrogen) atoms. The van der Waals surface area contributed by atoms with Crippen molar-refractivity contribution in [2.45, 2.75) is 9.99 Å². The Labute approximate surface area is 126 Å². The van der Waals surface area contributed by atoms with E-state index in [2.05, 4.69) is 18.2 Å². The minimum Gasteiger partial charge on any atom is -0.216 e. The predicted molar refractivity (Wildman–Crippen MR) is 85.4 cm³/mol. The molecule has 0 amide bonds. The average molecular weight is 292 g/mol. The van der Waals surface area contributed by atoms with E-state index in [9.17, 15) is 0 Å². The van der Waals surface area contributed by atoms with E-state index in [0.717, 1.165) is 31.9 Å². The number of rotatable bonds is 2. The molecule has 0 saturated heterocycles. The number of fused-ring (bicyclic) bond motifs is 2. The molecule has 2 heterocycles. The highest BCUT2D eigenvalue weighted by molar-refractivity contribution is 7.99. The summed E-state index contributed by atoms with van der Waals surface area (Å²) >= 11 is 1.59. The van der Waals surface area contributed by atoms with Crippen LogP contribution >= 0.6 is 11.8 Å². The Kier molecular flexibility index (Phi) is 3.05. The molecule has 0 N–H and O–H groups in total. The molecule has 100 valence electrons. The van der Waals surface area contributed by atoms with Crippen LogP contribution in [-0.4, -0.2) is 0 Å². The molecule has 0 saturated carbocycles. The first-order valence-corrected chi connectivity index (χ1v) is 7.50. The second-order valence-electron chi connectivity index (χ2n) is 4.71. The van der Waals surface area contributed by atoms with Crippen LogP contribution in [0.2, 0.25) is 0 Å². The van der Waals surface area contributed by atoms with Gasteiger partial charge in [0.2, 0.25) is 0 Å². The summed E-state index contributed by atoms with van der Waals surface area (Å²) in [5.41, 5.74) is 1.77. The fourth-order valence-corrected chi connectivity index (χ4v) is 3.06. The van der Waals surface area contributed by atoms with Crippen molar-refractivity contribution in [3.63, 3.8) is 0 Å². The van der Waals surface area contributed by atoms with Crippen LogP contribution in [0.5, 0.6) is 0 Å². The van der Waals surface area contributed by atoms with Gasteiger partial charge >= 0.3 is 22.5 Å². The highest BCUT2D eigenvalue weighted by atomic mass is 32.2. The van der Waals surface area contributed by atoms with Gasteiger partial charge in [-0.1, -0.05) is 12.1 Å². The fourth-order valence-electron chi connectivity index (χ4n) is 2.26. The number of para-hydroxylation sites is 1. The SMILES string of the molecule is c1c[o+]c2cc(Sc3ccc4ccccc4[o+]3)ccc2c1. The van der Waals surface area contributed by atoms with E-state index in [0.29, 0.717) is 0 Å². The second kappa shape index (κ2) is 5.19. The van der Waals surface area contributed by atoms with Gasteiger partial charge in [0.15, 0.2) is 0 Å². The zero-order valence-electron chi connectivity index (χ0n) is 11.2. The van der Waals surface area contributed by atoms with Crippen LogP contribution in [0.4, 0.5) is 0 Å². The third-order valence-electron chi connectivity index (χ3n) is 3.28. The first kappa shape index (κ1) is 12.4. The first-order chi connectivity index (χ1) is 10.4. The molecule has 2 nitrogen and oxygen atoms in total. The predicted octanol–water partition coefficient (Wildman–Crippen LogP) is 5.89. The van der Waals surface area contributed by atoms with E-state index < -0.39 is 0 Å². The van der Waals surface area contributed by atoms with Gasteiger partial charge < -0.3 is 0 Å². The van der Waals surface area contributed by atoms with Gasteiger partial charge in [0.25, 0.3) is 0 Å². The molecule has 0 aliphatic rings. The molecule has 0 atom stereocenters. The maximum atomic E-state index is 5.91. The van der Waals surface area contributed by atoms with Gasteiger partial charge in [-0.3, -0.25) is 0 Å². The Morgan fingerprint density at radius 2 is 1.52 bits per heavy atom. The molecule has 0 aliphatic heterocycles. The number of benzene rings is 2. The van der Waals surface area contributed by atoms with Gasteiger partial charge in [-0.05, 0) is 30.3 Å². The molecular formula is C18H12O2S+2. The van der Waals surface area contributed by atoms with E-state index in [4.69, 9.17) is 8.83 Å². The van der Waals surface area contributed by atoms with Gasteiger partial charge in [-0.25, -0.2) is 4.42 Å². The Hall–Kier alpha value is -2.39. The van der Waals surface area contributed by atoms with Gasteiger partial charge in [0.1, 0.15) is 0 Å². The largest absolute Gasteiger partial charge is 0.392 e. The lowest BCUT2D eigenvalue weighted by Gasteiger charge is -1.94. The summed E-state index contributed by atoms with van der Waals surface area (Å²) in [5.74, 6) is 0. The lowest BCUT2D eigenvalue weighted by molar-refractivity contribution is 0.501. The summed E-state index contributed by atoms with van der Waals surface area (Å²) in [5, 5.41) is 3.07. The maximum absolute atomic E-state index is 5.91. The van der Waals surface area contributed by atoms with Crippen molar-refractivity contribution in [2.75, 3.05) is 0 Å². The minimum atomic E-state index is 0.865. The fraction of sp³-hybridized carbons (Fsp3) is 0. The van der Waals surface area contributed by atoms with E-state index in [1.165, 1.54) is 0 Å². The molecule has 4 rings (SSSR count). The lowest BCUT2D eigenvalue weighted by atomic mass is 10.2. The van der Waals surface area contributed by atoms with E-state index >= 15 is 0 Å². The van der Waals surface area contributed by atoms with Crippen LogP contribution in [0.1, 0.15) is 0 Å². The molecule has 3 heteroatoms. The van der Waals surface area contributed by atoms with Crippen molar-refractivity contribution in [1.29, 1.82) is 0 Å². The Morgan fingerprint density at radius 3 is 2.52 bits per heavy atom. The van der Waals surface area contributed by atoms with Crippen LogP contribution in [0.3, 0.4) is 0 Å². The summed E-state index contributed by atoms with van der Waals surface area (Å²) in [6.45, 7) is 0. The number of hydrogen-bond acceptors (Lipinski definition) is 1. The molecule has 4 aromatic rings. The molecule has 0 fully saturated rings. The van der Waals surface area contributed by atoms with Crippen molar-refractivity contribution >= 4 is 33.7 Å². The van der Waals surface area contributed by atoms with Crippen molar-refractivity contribution in [3.05, 3.63) is 73.0 Å². The van der Waals surface area contributed by atoms with Gasteiger partial charge in [-0.2, -0.15) is 4.42 Å². The van der Waals surface area contributed by atoms with E-state index in [1.54, 1.807) is 18.0 Å². The topological polar surface area (TPSA) is 22.6 Å². The Balaban J connectivity index is 1.71. The zero-order chi connectivity index (χ0) is 14.1. The van der Waals surface area contributed by atoms with Crippen LogP contribution in [0.25, 0.3) is 21.9 Å². The monoisotopic (exact) mass is 292 g/mol. The van der Waals surface area contributed by atoms with Gasteiger partial charge in [0.05, 0.1) is 22.9 Å². The maximum Gasteiger partial charge on any atom is 0.392 e. The number of hydrogen-bond donors (Lipinski definition) is 0. The summed E-state index contributed by atoms with van der Waals surface area (Å²) in [7, 11) is 0. The van der Waals surface area contributed by atoms with Gasteiger partial charge in [-0.15, -0.1) is 0 Å². The first-order valence-electron chi connectivity index (χ1n) is 6.69. The van der Waals surface area contributed by atoms with Crippen LogP contribution in [-0.2, 0) is 0 Å². The lowest BCUT2D eigenvalue weighted by Crippen LogP contribution is -1.77. The normalized spacial score (nSPS) is 11.0. The van der Waals surface area contributed by atoms with Gasteiger partial charge in [0, 0.05) is 28.8 Å². The Morgan fingerprint density at radius 1 is 0.714 bits per heavy atom. The Bertz CT molecular complexity index is 857. The highest BCUT2D eigenvalue weighted by Crippen LogP contribution is 2.31.